The molecule has 3 N–H and O–H groups in total. The van der Waals surface area contributed by atoms with Crippen molar-refractivity contribution in [2.24, 2.45) is 0 Å². The van der Waals surface area contributed by atoms with Crippen molar-refractivity contribution in [3.05, 3.63) is 57.9 Å². The Morgan fingerprint density at radius 1 is 1.10 bits per heavy atom. The Hall–Kier alpha value is -2.88. The summed E-state index contributed by atoms with van der Waals surface area (Å²) >= 11 is 12.7. The fourth-order valence-corrected chi connectivity index (χ4v) is 4.11. The van der Waals surface area contributed by atoms with E-state index in [2.05, 4.69) is 16.2 Å². The Kier molecular flexibility index (Phi) is 6.53. The van der Waals surface area contributed by atoms with E-state index in [1.807, 2.05) is 0 Å². The van der Waals surface area contributed by atoms with Crippen LogP contribution in [0.1, 0.15) is 20.0 Å². The van der Waals surface area contributed by atoms with Gasteiger partial charge < -0.3 is 14.8 Å². The average Bonchev–Trinajstić information content (AvgIpc) is 3.07. The largest absolute Gasteiger partial charge is 0.497 e. The van der Waals surface area contributed by atoms with Crippen LogP contribution in [0.4, 0.5) is 5.69 Å². The van der Waals surface area contributed by atoms with E-state index in [-0.39, 0.29) is 11.0 Å². The van der Waals surface area contributed by atoms with Crippen molar-refractivity contribution in [2.75, 3.05) is 19.5 Å². The molecule has 0 fully saturated rings. The summed E-state index contributed by atoms with van der Waals surface area (Å²) in [4.78, 5) is 24.3. The summed E-state index contributed by atoms with van der Waals surface area (Å²) in [6, 6.07) is 12.1. The number of thiocarbonyl (C=S) groups is 1. The maximum atomic E-state index is 12.2. The summed E-state index contributed by atoms with van der Waals surface area (Å²) in [6.07, 6.45) is 0. The number of hydrazine groups is 1. The molecule has 0 atom stereocenters. The number of fused-ring (bicyclic) bond motifs is 1. The van der Waals surface area contributed by atoms with Gasteiger partial charge in [-0.05, 0) is 48.6 Å². The van der Waals surface area contributed by atoms with Crippen molar-refractivity contribution in [3.63, 3.8) is 0 Å². The Balaban J connectivity index is 1.65. The highest BCUT2D eigenvalue weighted by molar-refractivity contribution is 7.80. The summed E-state index contributed by atoms with van der Waals surface area (Å²) in [5, 5.41) is 4.25. The van der Waals surface area contributed by atoms with Gasteiger partial charge in [-0.2, -0.15) is 0 Å². The van der Waals surface area contributed by atoms with E-state index >= 15 is 0 Å². The molecule has 2 aromatic carbocycles. The van der Waals surface area contributed by atoms with Crippen molar-refractivity contribution >= 4 is 67.9 Å². The molecule has 1 heterocycles. The van der Waals surface area contributed by atoms with Crippen LogP contribution in [-0.4, -0.2) is 31.2 Å². The van der Waals surface area contributed by atoms with E-state index in [0.717, 1.165) is 10.1 Å². The lowest BCUT2D eigenvalue weighted by atomic mass is 10.2. The minimum Gasteiger partial charge on any atom is -0.497 e. The summed E-state index contributed by atoms with van der Waals surface area (Å²) in [5.74, 6) is -0.271. The van der Waals surface area contributed by atoms with E-state index < -0.39 is 5.97 Å². The number of hydrogen-bond donors (Lipinski definition) is 3. The highest BCUT2D eigenvalue weighted by Crippen LogP contribution is 2.37. The van der Waals surface area contributed by atoms with Crippen LogP contribution < -0.4 is 20.9 Å². The second kappa shape index (κ2) is 9.08. The minimum atomic E-state index is -0.483. The molecule has 0 aliphatic rings. The molecule has 3 rings (SSSR count). The summed E-state index contributed by atoms with van der Waals surface area (Å²) in [6.45, 7) is 0. The predicted octanol–water partition coefficient (Wildman–Crippen LogP) is 3.98. The molecule has 0 spiro atoms. The van der Waals surface area contributed by atoms with Gasteiger partial charge in [-0.15, -0.1) is 11.3 Å². The molecular formula is C19H16ClN3O4S2. The smallest absolute Gasteiger partial charge is 0.349 e. The summed E-state index contributed by atoms with van der Waals surface area (Å²) < 4.78 is 10.6. The maximum Gasteiger partial charge on any atom is 0.349 e. The molecule has 1 aromatic heterocycles. The first kappa shape index (κ1) is 20.8. The normalized spacial score (nSPS) is 10.3. The number of thiophene rings is 1. The highest BCUT2D eigenvalue weighted by atomic mass is 35.5. The molecule has 10 heteroatoms. The van der Waals surface area contributed by atoms with E-state index in [9.17, 15) is 9.59 Å². The lowest BCUT2D eigenvalue weighted by Crippen LogP contribution is -2.43. The van der Waals surface area contributed by atoms with Crippen molar-refractivity contribution in [1.82, 2.24) is 10.9 Å². The van der Waals surface area contributed by atoms with Crippen LogP contribution >= 0.6 is 35.2 Å². The molecular weight excluding hydrogens is 434 g/mol. The zero-order valence-corrected chi connectivity index (χ0v) is 17.8. The van der Waals surface area contributed by atoms with Crippen molar-refractivity contribution < 1.29 is 19.1 Å². The third kappa shape index (κ3) is 4.76. The lowest BCUT2D eigenvalue weighted by molar-refractivity contribution is 0.0606. The molecule has 0 saturated carbocycles. The fourth-order valence-electron chi connectivity index (χ4n) is 2.48. The summed E-state index contributed by atoms with van der Waals surface area (Å²) in [5.41, 5.74) is 6.24. The topological polar surface area (TPSA) is 88.7 Å². The number of carbonyl (C=O) groups excluding carboxylic acids is 2. The first-order chi connectivity index (χ1) is 13.9. The molecule has 150 valence electrons. The second-order valence-electron chi connectivity index (χ2n) is 5.71. The van der Waals surface area contributed by atoms with E-state index in [1.165, 1.54) is 25.6 Å². The van der Waals surface area contributed by atoms with Gasteiger partial charge >= 0.3 is 5.97 Å². The molecule has 0 saturated heterocycles. The lowest BCUT2D eigenvalue weighted by Gasteiger charge is -2.12. The van der Waals surface area contributed by atoms with E-state index in [0.29, 0.717) is 26.9 Å². The maximum absolute atomic E-state index is 12.2. The van der Waals surface area contributed by atoms with Gasteiger partial charge in [-0.3, -0.25) is 15.6 Å². The van der Waals surface area contributed by atoms with Crippen molar-refractivity contribution in [3.8, 4) is 5.75 Å². The molecule has 1 amide bonds. The summed E-state index contributed by atoms with van der Waals surface area (Å²) in [7, 11) is 2.83. The first-order valence-electron chi connectivity index (χ1n) is 8.24. The molecule has 7 nitrogen and oxygen atoms in total. The Morgan fingerprint density at radius 3 is 2.62 bits per heavy atom. The zero-order chi connectivity index (χ0) is 21.0. The third-order valence-corrected chi connectivity index (χ3v) is 5.72. The molecule has 0 radical (unpaired) electrons. The molecule has 0 bridgehead atoms. The number of rotatable bonds is 4. The van der Waals surface area contributed by atoms with Crippen LogP contribution in [0, 0.1) is 0 Å². The minimum absolute atomic E-state index is 0.191. The quantitative estimate of drug-likeness (QED) is 0.315. The molecule has 29 heavy (non-hydrogen) atoms. The van der Waals surface area contributed by atoms with Gasteiger partial charge in [0.15, 0.2) is 5.11 Å². The van der Waals surface area contributed by atoms with Crippen LogP contribution in [0.25, 0.3) is 10.1 Å². The fraction of sp³-hybridized carbons (Fsp3) is 0.105. The van der Waals surface area contributed by atoms with Gasteiger partial charge in [-0.25, -0.2) is 4.79 Å². The van der Waals surface area contributed by atoms with Crippen LogP contribution in [0.2, 0.25) is 5.02 Å². The number of hydrogen-bond acceptors (Lipinski definition) is 6. The van der Waals surface area contributed by atoms with Crippen LogP contribution in [-0.2, 0) is 4.74 Å². The van der Waals surface area contributed by atoms with Gasteiger partial charge in [0.25, 0.3) is 5.91 Å². The number of halogens is 1. The Morgan fingerprint density at radius 2 is 1.90 bits per heavy atom. The zero-order valence-electron chi connectivity index (χ0n) is 15.4. The van der Waals surface area contributed by atoms with Crippen LogP contribution in [0.3, 0.4) is 0 Å². The number of ether oxygens (including phenoxy) is 2. The number of anilines is 1. The van der Waals surface area contributed by atoms with Crippen molar-refractivity contribution in [2.45, 2.75) is 0 Å². The number of amides is 1. The molecule has 0 aliphatic carbocycles. The third-order valence-electron chi connectivity index (χ3n) is 3.88. The molecule has 0 aliphatic heterocycles. The standard InChI is InChI=1S/C19H16ClN3O4S2/c1-26-12-5-3-4-10(8-12)17(24)22-23-19(28)21-11-6-7-13-14(9-11)29-16(15(13)20)18(25)27-2/h3-9H,1-2H3,(H,22,24)(H2,21,23,28). The number of benzene rings is 2. The van der Waals surface area contributed by atoms with Crippen molar-refractivity contribution in [1.29, 1.82) is 0 Å². The van der Waals surface area contributed by atoms with Crippen LogP contribution in [0.15, 0.2) is 42.5 Å². The van der Waals surface area contributed by atoms with E-state index in [4.69, 9.17) is 33.3 Å². The Bertz CT molecular complexity index is 1100. The second-order valence-corrected chi connectivity index (χ2v) is 7.55. The first-order valence-corrected chi connectivity index (χ1v) is 9.85. The average molecular weight is 450 g/mol. The highest BCUT2D eigenvalue weighted by Gasteiger charge is 2.18. The van der Waals surface area contributed by atoms with Gasteiger partial charge in [0.2, 0.25) is 0 Å². The van der Waals surface area contributed by atoms with Gasteiger partial charge in [0.05, 0.1) is 19.2 Å². The van der Waals surface area contributed by atoms with Gasteiger partial charge in [-0.1, -0.05) is 17.7 Å². The SMILES string of the molecule is COC(=O)c1sc2cc(NC(=S)NNC(=O)c3cccc(OC)c3)ccc2c1Cl. The molecule has 0 unspecified atom stereocenters. The molecule has 3 aromatic rings. The predicted molar refractivity (Wildman–Crippen MR) is 118 cm³/mol. The number of methoxy groups -OCH3 is 2. The number of nitrogens with one attached hydrogen (secondary N) is 3. The van der Waals surface area contributed by atoms with Gasteiger partial charge in [0, 0.05) is 21.3 Å². The monoisotopic (exact) mass is 449 g/mol. The van der Waals surface area contributed by atoms with Crippen LogP contribution in [0.5, 0.6) is 5.75 Å². The Labute approximate surface area is 180 Å². The van der Waals surface area contributed by atoms with E-state index in [1.54, 1.807) is 42.5 Å². The number of carbonyl (C=O) groups is 2. The van der Waals surface area contributed by atoms with Gasteiger partial charge in [0.1, 0.15) is 10.6 Å². The number of esters is 1.